The van der Waals surface area contributed by atoms with Gasteiger partial charge in [-0.1, -0.05) is 26.2 Å². The number of anilines is 1. The summed E-state index contributed by atoms with van der Waals surface area (Å²) in [6.07, 6.45) is 9.61. The van der Waals surface area contributed by atoms with Crippen LogP contribution in [0.3, 0.4) is 0 Å². The summed E-state index contributed by atoms with van der Waals surface area (Å²) in [6.45, 7) is 4.42. The maximum atomic E-state index is 12.5. The molecular formula is C20H29NO3S. The normalized spacial score (nSPS) is 20.8. The van der Waals surface area contributed by atoms with Crippen molar-refractivity contribution < 1.29 is 14.3 Å². The van der Waals surface area contributed by atoms with Crippen molar-refractivity contribution in [1.82, 2.24) is 0 Å². The van der Waals surface area contributed by atoms with E-state index in [1.807, 2.05) is 6.92 Å². The number of esters is 1. The van der Waals surface area contributed by atoms with Gasteiger partial charge in [0.05, 0.1) is 12.2 Å². The van der Waals surface area contributed by atoms with Crippen molar-refractivity contribution in [3.8, 4) is 0 Å². The summed E-state index contributed by atoms with van der Waals surface area (Å²) in [7, 11) is 0. The van der Waals surface area contributed by atoms with E-state index in [2.05, 4.69) is 12.2 Å². The van der Waals surface area contributed by atoms with Gasteiger partial charge in [-0.2, -0.15) is 0 Å². The van der Waals surface area contributed by atoms with E-state index < -0.39 is 0 Å². The Labute approximate surface area is 154 Å². The predicted molar refractivity (Wildman–Crippen MR) is 101 cm³/mol. The Hall–Kier alpha value is -1.36. The minimum atomic E-state index is -0.289. The van der Waals surface area contributed by atoms with Gasteiger partial charge in [-0.25, -0.2) is 4.79 Å². The van der Waals surface area contributed by atoms with Crippen LogP contribution in [0, 0.1) is 11.8 Å². The molecule has 1 atom stereocenters. The molecule has 3 rings (SSSR count). The molecule has 1 aromatic rings. The zero-order valence-corrected chi connectivity index (χ0v) is 16.2. The third-order valence-electron chi connectivity index (χ3n) is 5.44. The van der Waals surface area contributed by atoms with Gasteiger partial charge in [-0.05, 0) is 56.4 Å². The molecule has 0 aliphatic heterocycles. The molecule has 1 fully saturated rings. The molecule has 1 aromatic heterocycles. The zero-order chi connectivity index (χ0) is 17.8. The summed E-state index contributed by atoms with van der Waals surface area (Å²) < 4.78 is 5.27. The van der Waals surface area contributed by atoms with E-state index >= 15 is 0 Å². The van der Waals surface area contributed by atoms with Crippen LogP contribution in [0.1, 0.15) is 79.6 Å². The highest BCUT2D eigenvalue weighted by molar-refractivity contribution is 7.17. The molecule has 0 spiro atoms. The lowest BCUT2D eigenvalue weighted by Gasteiger charge is -2.20. The molecular weight excluding hydrogens is 334 g/mol. The highest BCUT2D eigenvalue weighted by Gasteiger charge is 2.29. The summed E-state index contributed by atoms with van der Waals surface area (Å²) in [4.78, 5) is 26.3. The minimum Gasteiger partial charge on any atom is -0.462 e. The number of carbonyl (C=O) groups is 2. The van der Waals surface area contributed by atoms with Crippen molar-refractivity contribution in [2.45, 2.75) is 71.6 Å². The molecule has 2 aliphatic carbocycles. The zero-order valence-electron chi connectivity index (χ0n) is 15.4. The standard InChI is InChI=1S/C20H29NO3S/c1-3-24-20(23)18-15-10-9-13(2)11-16(15)25-19(18)21-17(22)12-14-7-5-4-6-8-14/h13-14H,3-12H2,1-2H3,(H,21,22). The van der Waals surface area contributed by atoms with Gasteiger partial charge in [0.25, 0.3) is 0 Å². The highest BCUT2D eigenvalue weighted by atomic mass is 32.1. The van der Waals surface area contributed by atoms with E-state index in [1.165, 1.54) is 24.1 Å². The van der Waals surface area contributed by atoms with Crippen LogP contribution in [-0.2, 0) is 22.4 Å². The number of rotatable bonds is 5. The van der Waals surface area contributed by atoms with E-state index in [1.54, 1.807) is 11.3 Å². The number of nitrogens with one attached hydrogen (secondary N) is 1. The van der Waals surface area contributed by atoms with Gasteiger partial charge in [-0.3, -0.25) is 4.79 Å². The van der Waals surface area contributed by atoms with Crippen molar-refractivity contribution in [2.75, 3.05) is 11.9 Å². The van der Waals surface area contributed by atoms with Gasteiger partial charge < -0.3 is 10.1 Å². The number of thiophene rings is 1. The number of hydrogen-bond acceptors (Lipinski definition) is 4. The largest absolute Gasteiger partial charge is 0.462 e. The number of fused-ring (bicyclic) bond motifs is 1. The summed E-state index contributed by atoms with van der Waals surface area (Å²) in [5, 5.41) is 3.75. The predicted octanol–water partition coefficient (Wildman–Crippen LogP) is 4.96. The van der Waals surface area contributed by atoms with E-state index in [0.29, 0.717) is 35.4 Å². The average molecular weight is 364 g/mol. The smallest absolute Gasteiger partial charge is 0.341 e. The summed E-state index contributed by atoms with van der Waals surface area (Å²) in [5.41, 5.74) is 1.72. The Morgan fingerprint density at radius 1 is 1.20 bits per heavy atom. The molecule has 5 heteroatoms. The number of ether oxygens (including phenoxy) is 1. The Kier molecular flexibility index (Phi) is 6.15. The molecule has 138 valence electrons. The third-order valence-corrected chi connectivity index (χ3v) is 6.61. The lowest BCUT2D eigenvalue weighted by Crippen LogP contribution is -2.19. The van der Waals surface area contributed by atoms with E-state index in [4.69, 9.17) is 4.74 Å². The van der Waals surface area contributed by atoms with Crippen LogP contribution in [0.4, 0.5) is 5.00 Å². The van der Waals surface area contributed by atoms with Crippen LogP contribution < -0.4 is 5.32 Å². The van der Waals surface area contributed by atoms with Gasteiger partial charge in [-0.15, -0.1) is 11.3 Å². The molecule has 1 N–H and O–H groups in total. The Bertz CT molecular complexity index is 631. The summed E-state index contributed by atoms with van der Waals surface area (Å²) in [5.74, 6) is 0.882. The number of hydrogen-bond donors (Lipinski definition) is 1. The first-order valence-electron chi connectivity index (χ1n) is 9.70. The van der Waals surface area contributed by atoms with Gasteiger partial charge in [0.1, 0.15) is 5.00 Å². The van der Waals surface area contributed by atoms with Crippen LogP contribution in [0.15, 0.2) is 0 Å². The first kappa shape index (κ1) is 18.4. The maximum Gasteiger partial charge on any atom is 0.341 e. The molecule has 0 aromatic carbocycles. The molecule has 0 bridgehead atoms. The topological polar surface area (TPSA) is 55.4 Å². The number of amides is 1. The summed E-state index contributed by atoms with van der Waals surface area (Å²) in [6, 6.07) is 0. The van der Waals surface area contributed by atoms with Gasteiger partial charge >= 0.3 is 5.97 Å². The van der Waals surface area contributed by atoms with Crippen LogP contribution in [0.2, 0.25) is 0 Å². The molecule has 1 unspecified atom stereocenters. The lowest BCUT2D eigenvalue weighted by atomic mass is 9.87. The molecule has 0 radical (unpaired) electrons. The fourth-order valence-electron chi connectivity index (χ4n) is 4.09. The van der Waals surface area contributed by atoms with Crippen LogP contribution >= 0.6 is 11.3 Å². The Morgan fingerprint density at radius 3 is 2.68 bits per heavy atom. The quantitative estimate of drug-likeness (QED) is 0.752. The van der Waals surface area contributed by atoms with Gasteiger partial charge in [0.15, 0.2) is 0 Å². The molecule has 4 nitrogen and oxygen atoms in total. The van der Waals surface area contributed by atoms with Crippen molar-refractivity contribution in [3.05, 3.63) is 16.0 Å². The monoisotopic (exact) mass is 363 g/mol. The van der Waals surface area contributed by atoms with Gasteiger partial charge in [0.2, 0.25) is 5.91 Å². The molecule has 25 heavy (non-hydrogen) atoms. The second-order valence-electron chi connectivity index (χ2n) is 7.53. The molecule has 1 heterocycles. The second-order valence-corrected chi connectivity index (χ2v) is 8.64. The molecule has 2 aliphatic rings. The molecule has 1 amide bonds. The first-order valence-corrected chi connectivity index (χ1v) is 10.5. The number of carbonyl (C=O) groups excluding carboxylic acids is 2. The van der Waals surface area contributed by atoms with Crippen LogP contribution in [-0.4, -0.2) is 18.5 Å². The fourth-order valence-corrected chi connectivity index (χ4v) is 5.50. The SMILES string of the molecule is CCOC(=O)c1c(NC(=O)CC2CCCCC2)sc2c1CCC(C)C2. The fraction of sp³-hybridized carbons (Fsp3) is 0.700. The van der Waals surface area contributed by atoms with Crippen molar-refractivity contribution in [2.24, 2.45) is 11.8 Å². The average Bonchev–Trinajstić information content (AvgIpc) is 2.92. The maximum absolute atomic E-state index is 12.5. The van der Waals surface area contributed by atoms with Crippen molar-refractivity contribution in [3.63, 3.8) is 0 Å². The minimum absolute atomic E-state index is 0.0455. The van der Waals surface area contributed by atoms with E-state index in [0.717, 1.165) is 37.7 Å². The molecule has 1 saturated carbocycles. The van der Waals surface area contributed by atoms with E-state index in [-0.39, 0.29) is 11.9 Å². The first-order chi connectivity index (χ1) is 12.1. The third kappa shape index (κ3) is 4.43. The lowest BCUT2D eigenvalue weighted by molar-refractivity contribution is -0.117. The Balaban J connectivity index is 1.77. The Morgan fingerprint density at radius 2 is 1.96 bits per heavy atom. The second kappa shape index (κ2) is 8.35. The molecule has 0 saturated heterocycles. The van der Waals surface area contributed by atoms with E-state index in [9.17, 15) is 9.59 Å². The van der Waals surface area contributed by atoms with Gasteiger partial charge in [0, 0.05) is 11.3 Å². The van der Waals surface area contributed by atoms with Crippen molar-refractivity contribution in [1.29, 1.82) is 0 Å². The van der Waals surface area contributed by atoms with Crippen LogP contribution in [0.25, 0.3) is 0 Å². The highest BCUT2D eigenvalue weighted by Crippen LogP contribution is 2.40. The van der Waals surface area contributed by atoms with Crippen molar-refractivity contribution >= 4 is 28.2 Å². The van der Waals surface area contributed by atoms with Crippen LogP contribution in [0.5, 0.6) is 0 Å². The summed E-state index contributed by atoms with van der Waals surface area (Å²) >= 11 is 1.58.